The highest BCUT2D eigenvalue weighted by molar-refractivity contribution is 7.13. The lowest BCUT2D eigenvalue weighted by atomic mass is 9.88. The average molecular weight is 287 g/mol. The van der Waals surface area contributed by atoms with Crippen molar-refractivity contribution in [3.8, 4) is 22.3 Å². The summed E-state index contributed by atoms with van der Waals surface area (Å²) in [5, 5.41) is 10.1. The Morgan fingerprint density at radius 3 is 3.10 bits per heavy atom. The number of fused-ring (bicyclic) bond motifs is 1. The van der Waals surface area contributed by atoms with Crippen molar-refractivity contribution in [1.82, 2.24) is 15.3 Å². The van der Waals surface area contributed by atoms with Gasteiger partial charge in [-0.15, -0.1) is 11.3 Å². The SMILES string of the molecule is CC1CCc2onc(-c3nc(-c4cccs4)no3)c2C1. The standard InChI is InChI=1S/C14H13N3O2S/c1-8-4-5-10-9(7-8)12(16-18-10)14-15-13(17-19-14)11-3-2-6-20-11/h2-3,6,8H,4-5,7H2,1H3. The lowest BCUT2D eigenvalue weighted by molar-refractivity contribution is 0.355. The van der Waals surface area contributed by atoms with Crippen LogP contribution < -0.4 is 0 Å². The molecule has 1 unspecified atom stereocenters. The molecule has 0 spiro atoms. The second-order valence-corrected chi connectivity index (χ2v) is 6.13. The van der Waals surface area contributed by atoms with Crippen molar-refractivity contribution in [2.75, 3.05) is 0 Å². The Morgan fingerprint density at radius 1 is 1.30 bits per heavy atom. The Labute approximate surface area is 119 Å². The predicted molar refractivity (Wildman–Crippen MR) is 74.3 cm³/mol. The summed E-state index contributed by atoms with van der Waals surface area (Å²) in [6.07, 6.45) is 3.05. The first-order valence-electron chi connectivity index (χ1n) is 6.66. The van der Waals surface area contributed by atoms with E-state index in [0.717, 1.165) is 35.5 Å². The molecule has 20 heavy (non-hydrogen) atoms. The molecule has 0 aromatic carbocycles. The number of aryl methyl sites for hydroxylation is 1. The van der Waals surface area contributed by atoms with Crippen LogP contribution in [0.15, 0.2) is 26.6 Å². The smallest absolute Gasteiger partial charge is 0.280 e. The summed E-state index contributed by atoms with van der Waals surface area (Å²) < 4.78 is 10.8. The van der Waals surface area contributed by atoms with Crippen LogP contribution in [0.5, 0.6) is 0 Å². The third-order valence-corrected chi connectivity index (χ3v) is 4.52. The van der Waals surface area contributed by atoms with Crippen LogP contribution in [0.1, 0.15) is 24.7 Å². The number of aromatic nitrogens is 3. The molecule has 1 aliphatic carbocycles. The molecule has 0 saturated carbocycles. The first-order valence-corrected chi connectivity index (χ1v) is 7.54. The molecule has 3 aromatic rings. The molecule has 0 N–H and O–H groups in total. The summed E-state index contributed by atoms with van der Waals surface area (Å²) in [5.41, 5.74) is 1.84. The van der Waals surface area contributed by atoms with E-state index in [0.29, 0.717) is 23.3 Å². The molecule has 4 rings (SSSR count). The van der Waals surface area contributed by atoms with Crippen molar-refractivity contribution >= 4 is 11.3 Å². The molecule has 0 aliphatic heterocycles. The van der Waals surface area contributed by atoms with E-state index in [-0.39, 0.29) is 0 Å². The van der Waals surface area contributed by atoms with Crippen LogP contribution in [-0.2, 0) is 12.8 Å². The number of nitrogens with zero attached hydrogens (tertiary/aromatic N) is 3. The fourth-order valence-corrected chi connectivity index (χ4v) is 3.22. The van der Waals surface area contributed by atoms with Gasteiger partial charge in [-0.1, -0.05) is 23.3 Å². The Hall–Kier alpha value is -1.95. The Balaban J connectivity index is 1.74. The number of hydrogen-bond acceptors (Lipinski definition) is 6. The minimum atomic E-state index is 0.451. The molecule has 102 valence electrons. The number of hydrogen-bond donors (Lipinski definition) is 0. The van der Waals surface area contributed by atoms with Crippen LogP contribution in [0.25, 0.3) is 22.3 Å². The minimum absolute atomic E-state index is 0.451. The summed E-state index contributed by atoms with van der Waals surface area (Å²) >= 11 is 1.59. The molecular formula is C14H13N3O2S. The van der Waals surface area contributed by atoms with Crippen molar-refractivity contribution in [3.05, 3.63) is 28.8 Å². The maximum Gasteiger partial charge on any atom is 0.280 e. The molecule has 1 atom stereocenters. The minimum Gasteiger partial charge on any atom is -0.360 e. The topological polar surface area (TPSA) is 65.0 Å². The Kier molecular flexibility index (Phi) is 2.70. The van der Waals surface area contributed by atoms with Crippen molar-refractivity contribution < 1.29 is 9.05 Å². The van der Waals surface area contributed by atoms with Crippen LogP contribution in [0.3, 0.4) is 0 Å². The van der Waals surface area contributed by atoms with Crippen molar-refractivity contribution in [2.45, 2.75) is 26.2 Å². The zero-order chi connectivity index (χ0) is 13.5. The van der Waals surface area contributed by atoms with E-state index < -0.39 is 0 Å². The molecule has 6 heteroatoms. The Morgan fingerprint density at radius 2 is 2.25 bits per heavy atom. The third kappa shape index (κ3) is 1.87. The van der Waals surface area contributed by atoms with E-state index in [1.165, 1.54) is 0 Å². The van der Waals surface area contributed by atoms with Crippen molar-refractivity contribution in [3.63, 3.8) is 0 Å². The molecule has 3 heterocycles. The van der Waals surface area contributed by atoms with Gasteiger partial charge in [0.05, 0.1) is 4.88 Å². The van der Waals surface area contributed by atoms with Crippen molar-refractivity contribution in [1.29, 1.82) is 0 Å². The lowest BCUT2D eigenvalue weighted by Crippen LogP contribution is -2.09. The van der Waals surface area contributed by atoms with Gasteiger partial charge in [-0.25, -0.2) is 0 Å². The summed E-state index contributed by atoms with van der Waals surface area (Å²) in [5.74, 6) is 2.66. The maximum absolute atomic E-state index is 5.41. The summed E-state index contributed by atoms with van der Waals surface area (Å²) in [7, 11) is 0. The van der Waals surface area contributed by atoms with Crippen LogP contribution >= 0.6 is 11.3 Å². The fourth-order valence-electron chi connectivity index (χ4n) is 2.57. The van der Waals surface area contributed by atoms with Crippen LogP contribution in [0.2, 0.25) is 0 Å². The van der Waals surface area contributed by atoms with E-state index in [1.54, 1.807) is 11.3 Å². The van der Waals surface area contributed by atoms with Crippen LogP contribution in [-0.4, -0.2) is 15.3 Å². The van der Waals surface area contributed by atoms with E-state index in [9.17, 15) is 0 Å². The second kappa shape index (κ2) is 4.56. The van der Waals surface area contributed by atoms with Gasteiger partial charge >= 0.3 is 0 Å². The van der Waals surface area contributed by atoms with Gasteiger partial charge in [0.2, 0.25) is 5.82 Å². The van der Waals surface area contributed by atoms with Gasteiger partial charge in [0.15, 0.2) is 5.69 Å². The average Bonchev–Trinajstić information content (AvgIpc) is 3.17. The van der Waals surface area contributed by atoms with E-state index >= 15 is 0 Å². The van der Waals surface area contributed by atoms with Gasteiger partial charge in [-0.2, -0.15) is 4.98 Å². The first kappa shape index (κ1) is 11.8. The summed E-state index contributed by atoms with van der Waals surface area (Å²) in [4.78, 5) is 5.43. The largest absolute Gasteiger partial charge is 0.360 e. The molecule has 0 bridgehead atoms. The van der Waals surface area contributed by atoms with Crippen molar-refractivity contribution in [2.24, 2.45) is 5.92 Å². The molecule has 1 aliphatic rings. The molecule has 0 radical (unpaired) electrons. The lowest BCUT2D eigenvalue weighted by Gasteiger charge is -2.15. The third-order valence-electron chi connectivity index (χ3n) is 3.66. The first-order chi connectivity index (χ1) is 9.81. The van der Waals surface area contributed by atoms with E-state index in [2.05, 4.69) is 22.2 Å². The monoisotopic (exact) mass is 287 g/mol. The predicted octanol–water partition coefficient (Wildman–Crippen LogP) is 3.58. The fraction of sp³-hybridized carbons (Fsp3) is 0.357. The molecule has 3 aromatic heterocycles. The van der Waals surface area contributed by atoms with Gasteiger partial charge in [0, 0.05) is 12.0 Å². The molecule has 0 amide bonds. The maximum atomic E-state index is 5.41. The van der Waals surface area contributed by atoms with E-state index in [1.807, 2.05) is 17.5 Å². The summed E-state index contributed by atoms with van der Waals surface area (Å²) in [6, 6.07) is 3.94. The van der Waals surface area contributed by atoms with Gasteiger partial charge < -0.3 is 9.05 Å². The van der Waals surface area contributed by atoms with Gasteiger partial charge in [0.25, 0.3) is 5.89 Å². The molecule has 5 nitrogen and oxygen atoms in total. The highest BCUT2D eigenvalue weighted by Crippen LogP contribution is 2.33. The molecule has 0 saturated heterocycles. The number of thiophene rings is 1. The summed E-state index contributed by atoms with van der Waals surface area (Å²) in [6.45, 7) is 2.24. The van der Waals surface area contributed by atoms with Gasteiger partial charge in [-0.05, 0) is 30.2 Å². The van der Waals surface area contributed by atoms with Crippen LogP contribution in [0, 0.1) is 5.92 Å². The zero-order valence-electron chi connectivity index (χ0n) is 11.0. The van der Waals surface area contributed by atoms with E-state index in [4.69, 9.17) is 9.05 Å². The van der Waals surface area contributed by atoms with Gasteiger partial charge in [0.1, 0.15) is 5.76 Å². The Bertz CT molecular complexity index is 730. The quantitative estimate of drug-likeness (QED) is 0.720. The highest BCUT2D eigenvalue weighted by atomic mass is 32.1. The van der Waals surface area contributed by atoms with Crippen LogP contribution in [0.4, 0.5) is 0 Å². The number of rotatable bonds is 2. The normalized spacial score (nSPS) is 18.1. The molecule has 0 fully saturated rings. The molecular weight excluding hydrogens is 274 g/mol. The zero-order valence-corrected chi connectivity index (χ0v) is 11.8. The second-order valence-electron chi connectivity index (χ2n) is 5.18. The highest BCUT2D eigenvalue weighted by Gasteiger charge is 2.27. The van der Waals surface area contributed by atoms with Gasteiger partial charge in [-0.3, -0.25) is 0 Å².